The second kappa shape index (κ2) is 6.52. The first-order valence-electron chi connectivity index (χ1n) is 7.62. The number of anilines is 1. The van der Waals surface area contributed by atoms with Crippen LogP contribution in [0.4, 0.5) is 5.82 Å². The van der Waals surface area contributed by atoms with Gasteiger partial charge in [0.15, 0.2) is 0 Å². The summed E-state index contributed by atoms with van der Waals surface area (Å²) in [6, 6.07) is 11.7. The number of H-pyrrole nitrogens is 1. The predicted octanol–water partition coefficient (Wildman–Crippen LogP) is 2.60. The van der Waals surface area contributed by atoms with Gasteiger partial charge in [-0.2, -0.15) is 0 Å². The molecule has 5 nitrogen and oxygen atoms in total. The lowest BCUT2D eigenvalue weighted by molar-refractivity contribution is 0.0954. The molecule has 118 valence electrons. The molecule has 0 spiro atoms. The molecule has 0 saturated carbocycles. The summed E-state index contributed by atoms with van der Waals surface area (Å²) in [7, 11) is 3.81. The van der Waals surface area contributed by atoms with Gasteiger partial charge in [-0.05, 0) is 30.2 Å². The first-order chi connectivity index (χ1) is 11.1. The predicted molar refractivity (Wildman–Crippen MR) is 92.9 cm³/mol. The normalized spacial score (nSPS) is 10.7. The molecule has 2 N–H and O–H groups in total. The highest BCUT2D eigenvalue weighted by Gasteiger charge is 2.08. The van der Waals surface area contributed by atoms with Crippen molar-refractivity contribution in [2.24, 2.45) is 0 Å². The molecule has 2 heterocycles. The van der Waals surface area contributed by atoms with Gasteiger partial charge in [-0.1, -0.05) is 18.2 Å². The number of carbonyl (C=O) groups is 1. The second-order valence-electron chi connectivity index (χ2n) is 5.66. The molecule has 0 aliphatic carbocycles. The minimum absolute atomic E-state index is 0.0738. The molecule has 0 unspecified atom stereocenters. The van der Waals surface area contributed by atoms with Crippen molar-refractivity contribution in [3.63, 3.8) is 0 Å². The molecule has 3 rings (SSSR count). The number of rotatable bonds is 5. The van der Waals surface area contributed by atoms with Crippen LogP contribution in [-0.4, -0.2) is 36.5 Å². The van der Waals surface area contributed by atoms with E-state index in [1.54, 1.807) is 18.3 Å². The molecule has 0 aliphatic heterocycles. The summed E-state index contributed by atoms with van der Waals surface area (Å²) in [6.45, 7) is 0.598. The molecular formula is C18H20N4O. The van der Waals surface area contributed by atoms with E-state index >= 15 is 0 Å². The molecular weight excluding hydrogens is 288 g/mol. The lowest BCUT2D eigenvalue weighted by Crippen LogP contribution is -2.26. The number of nitrogens with zero attached hydrogens (tertiary/aromatic N) is 2. The Balaban J connectivity index is 1.62. The van der Waals surface area contributed by atoms with Crippen molar-refractivity contribution in [3.8, 4) is 0 Å². The summed E-state index contributed by atoms with van der Waals surface area (Å²) in [5.41, 5.74) is 2.96. The molecule has 0 aliphatic rings. The van der Waals surface area contributed by atoms with E-state index in [1.165, 1.54) is 10.9 Å². The Morgan fingerprint density at radius 1 is 1.26 bits per heavy atom. The average molecular weight is 308 g/mol. The van der Waals surface area contributed by atoms with E-state index in [1.807, 2.05) is 37.3 Å². The van der Waals surface area contributed by atoms with Crippen molar-refractivity contribution in [2.45, 2.75) is 6.42 Å². The van der Waals surface area contributed by atoms with Crippen LogP contribution in [0.1, 0.15) is 15.9 Å². The smallest absolute Gasteiger partial charge is 0.251 e. The van der Waals surface area contributed by atoms with E-state index in [2.05, 4.69) is 27.4 Å². The van der Waals surface area contributed by atoms with Crippen LogP contribution in [0.25, 0.3) is 10.9 Å². The first kappa shape index (κ1) is 15.1. The summed E-state index contributed by atoms with van der Waals surface area (Å²) in [5, 5.41) is 4.18. The van der Waals surface area contributed by atoms with Crippen molar-refractivity contribution < 1.29 is 4.79 Å². The van der Waals surface area contributed by atoms with E-state index in [0.29, 0.717) is 12.1 Å². The topological polar surface area (TPSA) is 61.0 Å². The van der Waals surface area contributed by atoms with Crippen LogP contribution in [0.3, 0.4) is 0 Å². The fraction of sp³-hybridized carbons (Fsp3) is 0.222. The van der Waals surface area contributed by atoms with E-state index in [4.69, 9.17) is 0 Å². The van der Waals surface area contributed by atoms with Crippen LogP contribution >= 0.6 is 0 Å². The maximum absolute atomic E-state index is 12.2. The van der Waals surface area contributed by atoms with Gasteiger partial charge in [0, 0.05) is 49.5 Å². The maximum Gasteiger partial charge on any atom is 0.251 e. The molecule has 3 aromatic rings. The average Bonchev–Trinajstić information content (AvgIpc) is 2.98. The van der Waals surface area contributed by atoms with Crippen LogP contribution in [0.2, 0.25) is 0 Å². The van der Waals surface area contributed by atoms with Gasteiger partial charge >= 0.3 is 0 Å². The lowest BCUT2D eigenvalue weighted by Gasteiger charge is -2.12. The number of aromatic nitrogens is 2. The van der Waals surface area contributed by atoms with Crippen LogP contribution < -0.4 is 10.2 Å². The van der Waals surface area contributed by atoms with E-state index in [-0.39, 0.29) is 5.91 Å². The summed E-state index contributed by atoms with van der Waals surface area (Å²) in [6.07, 6.45) is 4.46. The number of carbonyl (C=O) groups excluding carboxylic acids is 1. The number of pyridine rings is 1. The van der Waals surface area contributed by atoms with E-state index < -0.39 is 0 Å². The van der Waals surface area contributed by atoms with Crippen LogP contribution in [0.5, 0.6) is 0 Å². The van der Waals surface area contributed by atoms with E-state index in [0.717, 1.165) is 17.8 Å². The molecule has 0 bridgehead atoms. The van der Waals surface area contributed by atoms with Gasteiger partial charge in [-0.15, -0.1) is 0 Å². The molecule has 0 atom stereocenters. The highest BCUT2D eigenvalue weighted by atomic mass is 16.1. The number of para-hydroxylation sites is 1. The third-order valence-corrected chi connectivity index (χ3v) is 3.82. The molecule has 1 aromatic carbocycles. The molecule has 0 radical (unpaired) electrons. The SMILES string of the molecule is CN(C)c1cc(C(=O)NCCc2c[nH]c3ccccc23)ccn1. The van der Waals surface area contributed by atoms with Crippen LogP contribution in [-0.2, 0) is 6.42 Å². The Hall–Kier alpha value is -2.82. The summed E-state index contributed by atoms with van der Waals surface area (Å²) >= 11 is 0. The van der Waals surface area contributed by atoms with Gasteiger partial charge in [0.2, 0.25) is 0 Å². The Morgan fingerprint density at radius 3 is 2.91 bits per heavy atom. The summed E-state index contributed by atoms with van der Waals surface area (Å²) in [4.78, 5) is 21.6. The highest BCUT2D eigenvalue weighted by Crippen LogP contribution is 2.17. The fourth-order valence-electron chi connectivity index (χ4n) is 2.56. The second-order valence-corrected chi connectivity index (χ2v) is 5.66. The maximum atomic E-state index is 12.2. The Bertz CT molecular complexity index is 823. The fourth-order valence-corrected chi connectivity index (χ4v) is 2.56. The first-order valence-corrected chi connectivity index (χ1v) is 7.62. The number of hydrogen-bond donors (Lipinski definition) is 2. The van der Waals surface area contributed by atoms with Gasteiger partial charge in [-0.3, -0.25) is 4.79 Å². The molecule has 0 fully saturated rings. The van der Waals surface area contributed by atoms with Crippen molar-refractivity contribution in [2.75, 3.05) is 25.5 Å². The minimum atomic E-state index is -0.0738. The molecule has 5 heteroatoms. The molecule has 23 heavy (non-hydrogen) atoms. The van der Waals surface area contributed by atoms with E-state index in [9.17, 15) is 4.79 Å². The molecule has 2 aromatic heterocycles. The van der Waals surface area contributed by atoms with Crippen LogP contribution in [0, 0.1) is 0 Å². The summed E-state index contributed by atoms with van der Waals surface area (Å²) in [5.74, 6) is 0.699. The summed E-state index contributed by atoms with van der Waals surface area (Å²) < 4.78 is 0. The number of aromatic amines is 1. The highest BCUT2D eigenvalue weighted by molar-refractivity contribution is 5.94. The zero-order valence-corrected chi connectivity index (χ0v) is 13.3. The largest absolute Gasteiger partial charge is 0.363 e. The number of hydrogen-bond acceptors (Lipinski definition) is 3. The number of fused-ring (bicyclic) bond motifs is 1. The van der Waals surface area contributed by atoms with Gasteiger partial charge in [0.05, 0.1) is 0 Å². The quantitative estimate of drug-likeness (QED) is 0.761. The zero-order chi connectivity index (χ0) is 16.2. The zero-order valence-electron chi connectivity index (χ0n) is 13.3. The minimum Gasteiger partial charge on any atom is -0.363 e. The Kier molecular flexibility index (Phi) is 4.28. The van der Waals surface area contributed by atoms with Crippen molar-refractivity contribution in [3.05, 3.63) is 59.9 Å². The van der Waals surface area contributed by atoms with Gasteiger partial charge in [0.25, 0.3) is 5.91 Å². The third kappa shape index (κ3) is 3.34. The molecule has 1 amide bonds. The van der Waals surface area contributed by atoms with Gasteiger partial charge < -0.3 is 15.2 Å². The van der Waals surface area contributed by atoms with Crippen molar-refractivity contribution in [1.82, 2.24) is 15.3 Å². The van der Waals surface area contributed by atoms with Crippen LogP contribution in [0.15, 0.2) is 48.8 Å². The van der Waals surface area contributed by atoms with Gasteiger partial charge in [0.1, 0.15) is 5.82 Å². The Labute approximate surface area is 135 Å². The number of amides is 1. The van der Waals surface area contributed by atoms with Crippen molar-refractivity contribution >= 4 is 22.6 Å². The van der Waals surface area contributed by atoms with Gasteiger partial charge in [-0.25, -0.2) is 4.98 Å². The standard InChI is InChI=1S/C18H20N4O/c1-22(2)17-11-13(7-9-19-17)18(23)20-10-8-14-12-21-16-6-4-3-5-15(14)16/h3-7,9,11-12,21H,8,10H2,1-2H3,(H,20,23). The Morgan fingerprint density at radius 2 is 2.09 bits per heavy atom. The third-order valence-electron chi connectivity index (χ3n) is 3.82. The van der Waals surface area contributed by atoms with Crippen molar-refractivity contribution in [1.29, 1.82) is 0 Å². The number of benzene rings is 1. The monoisotopic (exact) mass is 308 g/mol. The molecule has 0 saturated heterocycles. The number of nitrogens with one attached hydrogen (secondary N) is 2. The lowest BCUT2D eigenvalue weighted by atomic mass is 10.1.